The van der Waals surface area contributed by atoms with Gasteiger partial charge >= 0.3 is 0 Å². The van der Waals surface area contributed by atoms with Crippen molar-refractivity contribution in [3.05, 3.63) is 0 Å². The summed E-state index contributed by atoms with van der Waals surface area (Å²) in [4.78, 5) is 0. The minimum Gasteiger partial charge on any atom is -0.395 e. The highest BCUT2D eigenvalue weighted by Gasteiger charge is 2.23. The molecule has 0 aromatic rings. The molecule has 8 heavy (non-hydrogen) atoms. The minimum atomic E-state index is 0.334. The topological polar surface area (TPSA) is 20.2 Å². The Hall–Kier alpha value is 0.310. The van der Waals surface area contributed by atoms with Gasteiger partial charge < -0.3 is 5.11 Å². The van der Waals surface area contributed by atoms with Crippen molar-refractivity contribution in [3.8, 4) is 0 Å². The van der Waals surface area contributed by atoms with E-state index in [-0.39, 0.29) is 0 Å². The van der Waals surface area contributed by atoms with Gasteiger partial charge in [-0.15, -0.1) is 0 Å². The molecular formula is C6H12OS. The molecule has 1 nitrogen and oxygen atoms in total. The molecule has 48 valence electrons. The molecule has 0 aromatic carbocycles. The highest BCUT2D eigenvalue weighted by Crippen LogP contribution is 2.36. The quantitative estimate of drug-likeness (QED) is 0.624. The third-order valence-electron chi connectivity index (χ3n) is 1.21. The van der Waals surface area contributed by atoms with Crippen LogP contribution in [0, 0.1) is 0 Å². The molecule has 1 rings (SSSR count). The van der Waals surface area contributed by atoms with Crippen LogP contribution in [0.25, 0.3) is 0 Å². The third-order valence-corrected chi connectivity index (χ3v) is 2.68. The molecule has 0 bridgehead atoms. The fraction of sp³-hybridized carbons (Fsp3) is 1.00. The first-order valence-electron chi connectivity index (χ1n) is 3.09. The van der Waals surface area contributed by atoms with Crippen molar-refractivity contribution in [2.45, 2.75) is 30.3 Å². The van der Waals surface area contributed by atoms with E-state index in [0.29, 0.717) is 11.9 Å². The molecule has 1 aliphatic rings. The van der Waals surface area contributed by atoms with Gasteiger partial charge in [-0.25, -0.2) is 0 Å². The molecule has 0 saturated heterocycles. The van der Waals surface area contributed by atoms with E-state index in [9.17, 15) is 0 Å². The number of rotatable bonds is 3. The van der Waals surface area contributed by atoms with Gasteiger partial charge in [0.1, 0.15) is 0 Å². The van der Waals surface area contributed by atoms with Crippen LogP contribution in [-0.2, 0) is 0 Å². The fourth-order valence-corrected chi connectivity index (χ4v) is 1.73. The summed E-state index contributed by atoms with van der Waals surface area (Å²) < 4.78 is 0. The zero-order chi connectivity index (χ0) is 5.98. The lowest BCUT2D eigenvalue weighted by atomic mass is 10.5. The van der Waals surface area contributed by atoms with E-state index >= 15 is 0 Å². The van der Waals surface area contributed by atoms with Crippen molar-refractivity contribution in [1.29, 1.82) is 0 Å². The number of aliphatic hydroxyl groups is 1. The van der Waals surface area contributed by atoms with Gasteiger partial charge in [-0.1, -0.05) is 6.92 Å². The molecular weight excluding hydrogens is 120 g/mol. The lowest BCUT2D eigenvalue weighted by Crippen LogP contribution is -2.02. The van der Waals surface area contributed by atoms with Crippen LogP contribution in [0.4, 0.5) is 0 Å². The summed E-state index contributed by atoms with van der Waals surface area (Å²) in [7, 11) is 0. The van der Waals surface area contributed by atoms with E-state index in [0.717, 1.165) is 5.25 Å². The largest absolute Gasteiger partial charge is 0.395 e. The van der Waals surface area contributed by atoms with Gasteiger partial charge in [0.05, 0.1) is 6.61 Å². The average Bonchev–Trinajstić information content (AvgIpc) is 2.50. The van der Waals surface area contributed by atoms with E-state index < -0.39 is 0 Å². The molecule has 0 heterocycles. The van der Waals surface area contributed by atoms with Crippen molar-refractivity contribution in [2.75, 3.05) is 6.61 Å². The monoisotopic (exact) mass is 132 g/mol. The smallest absolute Gasteiger partial charge is 0.0547 e. The Morgan fingerprint density at radius 2 is 2.38 bits per heavy atom. The Labute approximate surface area is 54.5 Å². The van der Waals surface area contributed by atoms with Crippen LogP contribution in [0.1, 0.15) is 19.8 Å². The van der Waals surface area contributed by atoms with Gasteiger partial charge in [0.25, 0.3) is 0 Å². The fourth-order valence-electron chi connectivity index (χ4n) is 0.576. The Morgan fingerprint density at radius 1 is 1.75 bits per heavy atom. The van der Waals surface area contributed by atoms with Gasteiger partial charge in [-0.2, -0.15) is 11.8 Å². The van der Waals surface area contributed by atoms with Crippen LogP contribution >= 0.6 is 11.8 Å². The van der Waals surface area contributed by atoms with Crippen molar-refractivity contribution in [3.63, 3.8) is 0 Å². The number of aliphatic hydroxyl groups excluding tert-OH is 1. The Balaban J connectivity index is 1.98. The molecule has 0 amide bonds. The maximum atomic E-state index is 8.59. The minimum absolute atomic E-state index is 0.334. The van der Waals surface area contributed by atoms with Crippen LogP contribution in [-0.4, -0.2) is 22.2 Å². The van der Waals surface area contributed by atoms with Gasteiger partial charge in [-0.05, 0) is 12.8 Å². The zero-order valence-corrected chi connectivity index (χ0v) is 5.95. The summed E-state index contributed by atoms with van der Waals surface area (Å²) in [6.45, 7) is 2.41. The third kappa shape index (κ3) is 2.05. The lowest BCUT2D eigenvalue weighted by Gasteiger charge is -2.03. The van der Waals surface area contributed by atoms with Gasteiger partial charge in [0, 0.05) is 10.5 Å². The van der Waals surface area contributed by atoms with E-state index in [1.165, 1.54) is 12.8 Å². The molecule has 0 aliphatic heterocycles. The molecule has 1 aliphatic carbocycles. The summed E-state index contributed by atoms with van der Waals surface area (Å²) in [5.74, 6) is 0. The van der Waals surface area contributed by atoms with E-state index in [1.807, 2.05) is 11.8 Å². The van der Waals surface area contributed by atoms with Crippen LogP contribution in [0.3, 0.4) is 0 Å². The second-order valence-electron chi connectivity index (χ2n) is 2.33. The molecule has 0 spiro atoms. The van der Waals surface area contributed by atoms with Crippen molar-refractivity contribution in [2.24, 2.45) is 0 Å². The predicted molar refractivity (Wildman–Crippen MR) is 37.2 cm³/mol. The average molecular weight is 132 g/mol. The SMILES string of the molecule is CC(CO)SC1CC1. The molecule has 1 fully saturated rings. The van der Waals surface area contributed by atoms with Crippen LogP contribution in [0.2, 0.25) is 0 Å². The lowest BCUT2D eigenvalue weighted by molar-refractivity contribution is 0.300. The second kappa shape index (κ2) is 2.74. The molecule has 1 saturated carbocycles. The predicted octanol–water partition coefficient (Wildman–Crippen LogP) is 1.26. The molecule has 2 heteroatoms. The normalized spacial score (nSPS) is 23.2. The Morgan fingerprint density at radius 3 is 2.75 bits per heavy atom. The summed E-state index contributed by atoms with van der Waals surface area (Å²) in [6, 6.07) is 0. The van der Waals surface area contributed by atoms with Crippen molar-refractivity contribution in [1.82, 2.24) is 0 Å². The summed E-state index contributed by atoms with van der Waals surface area (Å²) >= 11 is 1.92. The number of hydrogen-bond acceptors (Lipinski definition) is 2. The Bertz CT molecular complexity index is 70.9. The summed E-state index contributed by atoms with van der Waals surface area (Å²) in [5, 5.41) is 9.94. The molecule has 0 aromatic heterocycles. The highest BCUT2D eigenvalue weighted by atomic mass is 32.2. The van der Waals surface area contributed by atoms with Crippen LogP contribution < -0.4 is 0 Å². The Kier molecular flexibility index (Phi) is 2.20. The first-order chi connectivity index (χ1) is 3.83. The molecule has 1 atom stereocenters. The van der Waals surface area contributed by atoms with Gasteiger partial charge in [0.2, 0.25) is 0 Å². The highest BCUT2D eigenvalue weighted by molar-refractivity contribution is 8.00. The van der Waals surface area contributed by atoms with E-state index in [1.54, 1.807) is 0 Å². The number of thioether (sulfide) groups is 1. The molecule has 1 unspecified atom stereocenters. The summed E-state index contributed by atoms with van der Waals surface area (Å²) in [5.41, 5.74) is 0. The summed E-state index contributed by atoms with van der Waals surface area (Å²) in [6.07, 6.45) is 2.74. The number of hydrogen-bond donors (Lipinski definition) is 1. The molecule has 0 radical (unpaired) electrons. The van der Waals surface area contributed by atoms with Gasteiger partial charge in [0.15, 0.2) is 0 Å². The van der Waals surface area contributed by atoms with Crippen molar-refractivity contribution >= 4 is 11.8 Å². The first kappa shape index (κ1) is 6.43. The van der Waals surface area contributed by atoms with Crippen molar-refractivity contribution < 1.29 is 5.11 Å². The maximum absolute atomic E-state index is 8.59. The first-order valence-corrected chi connectivity index (χ1v) is 4.03. The van der Waals surface area contributed by atoms with Gasteiger partial charge in [-0.3, -0.25) is 0 Å². The van der Waals surface area contributed by atoms with E-state index in [4.69, 9.17) is 5.11 Å². The standard InChI is InChI=1S/C6H12OS/c1-5(4-7)8-6-2-3-6/h5-7H,2-4H2,1H3. The zero-order valence-electron chi connectivity index (χ0n) is 5.13. The molecule has 1 N–H and O–H groups in total. The van der Waals surface area contributed by atoms with E-state index in [2.05, 4.69) is 6.92 Å². The van der Waals surface area contributed by atoms with Crippen LogP contribution in [0.5, 0.6) is 0 Å². The van der Waals surface area contributed by atoms with Crippen LogP contribution in [0.15, 0.2) is 0 Å². The second-order valence-corrected chi connectivity index (χ2v) is 4.07. The maximum Gasteiger partial charge on any atom is 0.0547 e.